The summed E-state index contributed by atoms with van der Waals surface area (Å²) in [6.07, 6.45) is 0. The first-order valence-electron chi connectivity index (χ1n) is 3.63. The van der Waals surface area contributed by atoms with Gasteiger partial charge in [0.05, 0.1) is 0 Å². The molecule has 0 atom stereocenters. The number of rotatable bonds is 3. The number of carboxylic acid groups (broad SMARTS) is 2. The van der Waals surface area contributed by atoms with Crippen LogP contribution in [0.15, 0.2) is 30.3 Å². The van der Waals surface area contributed by atoms with Crippen LogP contribution in [0, 0.1) is 0 Å². The summed E-state index contributed by atoms with van der Waals surface area (Å²) in [7, 11) is 0. The van der Waals surface area contributed by atoms with Crippen molar-refractivity contribution in [2.75, 3.05) is 0 Å². The predicted molar refractivity (Wildman–Crippen MR) is 53.0 cm³/mol. The fourth-order valence-electron chi connectivity index (χ4n) is 1.04. The van der Waals surface area contributed by atoms with Crippen LogP contribution in [0.3, 0.4) is 0 Å². The molecule has 0 spiro atoms. The first-order valence-corrected chi connectivity index (χ1v) is 3.63. The molecule has 0 fully saturated rings. The Morgan fingerprint density at radius 1 is 1.00 bits per heavy atom. The molecule has 0 bridgehead atoms. The van der Waals surface area contributed by atoms with Crippen LogP contribution >= 0.6 is 0 Å². The van der Waals surface area contributed by atoms with E-state index in [1.54, 1.807) is 18.2 Å². The van der Waals surface area contributed by atoms with Crippen LogP contribution in [-0.2, 0) is 9.59 Å². The minimum atomic E-state index is -1.47. The monoisotopic (exact) mass is 222 g/mol. The number of hydrogen-bond donors (Lipinski definition) is 2. The van der Waals surface area contributed by atoms with E-state index in [0.29, 0.717) is 0 Å². The van der Waals surface area contributed by atoms with Crippen LogP contribution in [-0.4, -0.2) is 59.9 Å². The molecular formula is C9H10CaO4. The quantitative estimate of drug-likeness (QED) is 0.558. The van der Waals surface area contributed by atoms with Crippen molar-refractivity contribution >= 4 is 49.7 Å². The van der Waals surface area contributed by atoms with Gasteiger partial charge in [-0.15, -0.1) is 0 Å². The van der Waals surface area contributed by atoms with Gasteiger partial charge in [0.2, 0.25) is 0 Å². The van der Waals surface area contributed by atoms with Crippen molar-refractivity contribution in [2.45, 2.75) is 5.92 Å². The van der Waals surface area contributed by atoms with E-state index < -0.39 is 17.9 Å². The zero-order valence-electron chi connectivity index (χ0n) is 6.68. The van der Waals surface area contributed by atoms with E-state index in [1.807, 2.05) is 0 Å². The summed E-state index contributed by atoms with van der Waals surface area (Å²) < 4.78 is 0. The zero-order chi connectivity index (χ0) is 9.84. The maximum absolute atomic E-state index is 10.6. The molecular weight excluding hydrogens is 212 g/mol. The number of carbonyl (C=O) groups is 2. The summed E-state index contributed by atoms with van der Waals surface area (Å²) in [4.78, 5) is 21.1. The Balaban J connectivity index is 0.00000169. The maximum atomic E-state index is 10.6. The zero-order valence-corrected chi connectivity index (χ0v) is 6.68. The predicted octanol–water partition coefficient (Wildman–Crippen LogP) is 0.0232. The molecule has 0 unspecified atom stereocenters. The van der Waals surface area contributed by atoms with E-state index in [4.69, 9.17) is 10.2 Å². The molecule has 0 aromatic heterocycles. The van der Waals surface area contributed by atoms with E-state index in [0.717, 1.165) is 0 Å². The topological polar surface area (TPSA) is 74.6 Å². The normalized spacial score (nSPS) is 9.21. The molecule has 2 N–H and O–H groups in total. The molecule has 0 amide bonds. The van der Waals surface area contributed by atoms with Crippen molar-refractivity contribution in [3.8, 4) is 0 Å². The van der Waals surface area contributed by atoms with Crippen LogP contribution in [0.4, 0.5) is 0 Å². The molecule has 4 nitrogen and oxygen atoms in total. The Labute approximate surface area is 111 Å². The van der Waals surface area contributed by atoms with Gasteiger partial charge in [0, 0.05) is 0 Å². The summed E-state index contributed by atoms with van der Waals surface area (Å²) in [6, 6.07) is 7.87. The second kappa shape index (κ2) is 6.01. The van der Waals surface area contributed by atoms with Crippen molar-refractivity contribution in [3.63, 3.8) is 0 Å². The molecule has 0 aliphatic heterocycles. The van der Waals surface area contributed by atoms with Gasteiger partial charge in [0.1, 0.15) is 0 Å². The molecule has 0 saturated heterocycles. The molecule has 0 saturated carbocycles. The molecule has 1 rings (SSSR count). The Kier molecular flexibility index (Phi) is 5.76. The van der Waals surface area contributed by atoms with Gasteiger partial charge in [-0.3, -0.25) is 9.59 Å². The summed E-state index contributed by atoms with van der Waals surface area (Å²) in [5.41, 5.74) is 0.280. The van der Waals surface area contributed by atoms with Gasteiger partial charge in [-0.05, 0) is 5.56 Å². The number of hydrogen-bond acceptors (Lipinski definition) is 2. The van der Waals surface area contributed by atoms with Gasteiger partial charge in [-0.25, -0.2) is 0 Å². The van der Waals surface area contributed by atoms with Crippen molar-refractivity contribution in [1.29, 1.82) is 0 Å². The molecule has 0 aliphatic carbocycles. The molecule has 5 heteroatoms. The summed E-state index contributed by atoms with van der Waals surface area (Å²) in [5, 5.41) is 17.2. The molecule has 0 heterocycles. The first-order chi connectivity index (χ1) is 6.13. The van der Waals surface area contributed by atoms with Crippen molar-refractivity contribution in [3.05, 3.63) is 35.9 Å². The SMILES string of the molecule is O=C(O)C(C(=O)O)c1ccccc1.[CaH2]. The third-order valence-corrected chi connectivity index (χ3v) is 1.63. The summed E-state index contributed by atoms with van der Waals surface area (Å²) in [5.74, 6) is -4.17. The Morgan fingerprint density at radius 3 is 1.79 bits per heavy atom. The van der Waals surface area contributed by atoms with Crippen molar-refractivity contribution in [1.82, 2.24) is 0 Å². The van der Waals surface area contributed by atoms with Gasteiger partial charge in [0.25, 0.3) is 0 Å². The second-order valence-corrected chi connectivity index (χ2v) is 2.52. The average Bonchev–Trinajstić information content (AvgIpc) is 2.04. The van der Waals surface area contributed by atoms with Crippen LogP contribution in [0.2, 0.25) is 0 Å². The van der Waals surface area contributed by atoms with Gasteiger partial charge < -0.3 is 10.2 Å². The van der Waals surface area contributed by atoms with E-state index >= 15 is 0 Å². The molecule has 1 aromatic rings. The van der Waals surface area contributed by atoms with Crippen LogP contribution in [0.25, 0.3) is 0 Å². The Morgan fingerprint density at radius 2 is 1.43 bits per heavy atom. The van der Waals surface area contributed by atoms with Gasteiger partial charge in [0.15, 0.2) is 5.92 Å². The van der Waals surface area contributed by atoms with Crippen molar-refractivity contribution in [2.24, 2.45) is 0 Å². The van der Waals surface area contributed by atoms with Gasteiger partial charge in [-0.1, -0.05) is 30.3 Å². The third kappa shape index (κ3) is 3.29. The number of carboxylic acids is 2. The third-order valence-electron chi connectivity index (χ3n) is 1.63. The first kappa shape index (κ1) is 13.4. The second-order valence-electron chi connectivity index (χ2n) is 2.52. The van der Waals surface area contributed by atoms with Crippen molar-refractivity contribution < 1.29 is 19.8 Å². The van der Waals surface area contributed by atoms with Crippen LogP contribution < -0.4 is 0 Å². The summed E-state index contributed by atoms with van der Waals surface area (Å²) in [6.45, 7) is 0. The average molecular weight is 222 g/mol. The fraction of sp³-hybridized carbons (Fsp3) is 0.111. The Bertz CT molecular complexity index is 309. The fourth-order valence-corrected chi connectivity index (χ4v) is 1.04. The Hall–Kier alpha value is -0.580. The van der Waals surface area contributed by atoms with Crippen LogP contribution in [0.1, 0.15) is 11.5 Å². The van der Waals surface area contributed by atoms with Crippen LogP contribution in [0.5, 0.6) is 0 Å². The molecule has 1 aromatic carbocycles. The molecule has 0 radical (unpaired) electrons. The number of aliphatic carboxylic acids is 2. The van der Waals surface area contributed by atoms with E-state index in [2.05, 4.69) is 0 Å². The van der Waals surface area contributed by atoms with E-state index in [-0.39, 0.29) is 43.3 Å². The molecule has 72 valence electrons. The standard InChI is InChI=1S/C9H8O4.Ca.2H/c10-8(11)7(9(12)13)6-4-2-1-3-5-6;;;/h1-5,7H,(H,10,11)(H,12,13);;;. The molecule has 0 aliphatic rings. The van der Waals surface area contributed by atoms with E-state index in [9.17, 15) is 9.59 Å². The van der Waals surface area contributed by atoms with E-state index in [1.165, 1.54) is 12.1 Å². The van der Waals surface area contributed by atoms with Gasteiger partial charge >= 0.3 is 49.7 Å². The molecule has 14 heavy (non-hydrogen) atoms. The number of benzene rings is 1. The summed E-state index contributed by atoms with van der Waals surface area (Å²) >= 11 is 0. The van der Waals surface area contributed by atoms with Gasteiger partial charge in [-0.2, -0.15) is 0 Å². The minimum absolute atomic E-state index is 0.